The van der Waals surface area contributed by atoms with Gasteiger partial charge in [-0.15, -0.1) is 6.58 Å². The zero-order chi connectivity index (χ0) is 19.4. The summed E-state index contributed by atoms with van der Waals surface area (Å²) in [6.45, 7) is 17.1. The Balaban J connectivity index is 2.08. The van der Waals surface area contributed by atoms with Crippen molar-refractivity contribution in [2.75, 3.05) is 0 Å². The van der Waals surface area contributed by atoms with E-state index >= 15 is 0 Å². The quantitative estimate of drug-likeness (QED) is 0.331. The zero-order valence-electron chi connectivity index (χ0n) is 15.3. The van der Waals surface area contributed by atoms with E-state index in [1.54, 1.807) is 13.0 Å². The van der Waals surface area contributed by atoms with Crippen molar-refractivity contribution in [2.45, 2.75) is 45.5 Å². The minimum atomic E-state index is -0.872. The molecule has 0 amide bonds. The van der Waals surface area contributed by atoms with Crippen LogP contribution in [0, 0.1) is 23.2 Å². The SMILES string of the molecule is C=CC1(C)C(OC(=O)C(C)CC)C2OC(=O)C(=C)C2C2OC(=O)C(=C)C21. The molecule has 0 aromatic heterocycles. The third-order valence-electron chi connectivity index (χ3n) is 6.10. The molecule has 1 aliphatic carbocycles. The fraction of sp³-hybridized carbons (Fsp3) is 0.550. The van der Waals surface area contributed by atoms with Crippen molar-refractivity contribution < 1.29 is 28.6 Å². The second kappa shape index (κ2) is 6.11. The lowest BCUT2D eigenvalue weighted by Gasteiger charge is -2.49. The van der Waals surface area contributed by atoms with Crippen LogP contribution in [0.4, 0.5) is 0 Å². The fourth-order valence-corrected chi connectivity index (χ4v) is 4.22. The van der Waals surface area contributed by atoms with Gasteiger partial charge in [0, 0.05) is 22.5 Å². The summed E-state index contributed by atoms with van der Waals surface area (Å²) in [5, 5.41) is 0. The average molecular weight is 360 g/mol. The molecule has 0 spiro atoms. The van der Waals surface area contributed by atoms with Gasteiger partial charge in [0.15, 0.2) is 6.10 Å². The first kappa shape index (κ1) is 18.4. The van der Waals surface area contributed by atoms with E-state index in [0.29, 0.717) is 6.42 Å². The van der Waals surface area contributed by atoms with Crippen molar-refractivity contribution in [2.24, 2.45) is 23.2 Å². The number of esters is 3. The maximum Gasteiger partial charge on any atom is 0.334 e. The molecule has 0 aromatic carbocycles. The number of ether oxygens (including phenoxy) is 3. The van der Waals surface area contributed by atoms with Gasteiger partial charge in [0.05, 0.1) is 11.8 Å². The average Bonchev–Trinajstić information content (AvgIpc) is 3.07. The Morgan fingerprint density at radius 3 is 2.38 bits per heavy atom. The Kier molecular flexibility index (Phi) is 4.33. The van der Waals surface area contributed by atoms with Crippen molar-refractivity contribution in [1.82, 2.24) is 0 Å². The lowest BCUT2D eigenvalue weighted by Crippen LogP contribution is -2.59. The van der Waals surface area contributed by atoms with Gasteiger partial charge in [-0.3, -0.25) is 4.79 Å². The van der Waals surface area contributed by atoms with Crippen LogP contribution in [0.2, 0.25) is 0 Å². The summed E-state index contributed by atoms with van der Waals surface area (Å²) in [6, 6.07) is 0. The molecule has 3 aliphatic rings. The molecule has 1 saturated carbocycles. The number of fused-ring (bicyclic) bond motifs is 3. The molecule has 3 fully saturated rings. The van der Waals surface area contributed by atoms with E-state index in [4.69, 9.17) is 14.2 Å². The van der Waals surface area contributed by atoms with E-state index in [0.717, 1.165) is 0 Å². The Morgan fingerprint density at radius 1 is 1.23 bits per heavy atom. The van der Waals surface area contributed by atoms with E-state index < -0.39 is 47.5 Å². The van der Waals surface area contributed by atoms with Gasteiger partial charge in [-0.25, -0.2) is 9.59 Å². The van der Waals surface area contributed by atoms with E-state index in [9.17, 15) is 14.4 Å². The molecular weight excluding hydrogens is 336 g/mol. The van der Waals surface area contributed by atoms with Crippen LogP contribution in [0.15, 0.2) is 37.0 Å². The molecule has 26 heavy (non-hydrogen) atoms. The molecule has 7 atom stereocenters. The summed E-state index contributed by atoms with van der Waals surface area (Å²) < 4.78 is 16.8. The van der Waals surface area contributed by atoms with Crippen LogP contribution in [0.1, 0.15) is 27.2 Å². The van der Waals surface area contributed by atoms with Crippen LogP contribution in [0.25, 0.3) is 0 Å². The highest BCUT2D eigenvalue weighted by atomic mass is 16.6. The minimum absolute atomic E-state index is 0.225. The van der Waals surface area contributed by atoms with Crippen molar-refractivity contribution in [3.05, 3.63) is 37.0 Å². The van der Waals surface area contributed by atoms with Crippen LogP contribution in [-0.2, 0) is 28.6 Å². The molecule has 2 heterocycles. The maximum atomic E-state index is 12.5. The van der Waals surface area contributed by atoms with Gasteiger partial charge in [0.1, 0.15) is 12.2 Å². The number of hydrogen-bond acceptors (Lipinski definition) is 6. The molecule has 0 radical (unpaired) electrons. The van der Waals surface area contributed by atoms with E-state index in [1.807, 2.05) is 13.8 Å². The third kappa shape index (κ3) is 2.35. The van der Waals surface area contributed by atoms with E-state index in [-0.39, 0.29) is 23.0 Å². The largest absolute Gasteiger partial charge is 0.458 e. The van der Waals surface area contributed by atoms with Gasteiger partial charge >= 0.3 is 17.9 Å². The Labute approximate surface area is 152 Å². The van der Waals surface area contributed by atoms with Crippen LogP contribution < -0.4 is 0 Å². The number of hydrogen-bond donors (Lipinski definition) is 0. The van der Waals surface area contributed by atoms with Crippen LogP contribution in [0.3, 0.4) is 0 Å². The van der Waals surface area contributed by atoms with E-state index in [2.05, 4.69) is 19.7 Å². The lowest BCUT2D eigenvalue weighted by molar-refractivity contribution is -0.193. The highest BCUT2D eigenvalue weighted by Gasteiger charge is 2.67. The minimum Gasteiger partial charge on any atom is -0.458 e. The normalized spacial score (nSPS) is 39.6. The van der Waals surface area contributed by atoms with Gasteiger partial charge in [0.2, 0.25) is 0 Å². The molecule has 0 N–H and O–H groups in total. The predicted molar refractivity (Wildman–Crippen MR) is 92.7 cm³/mol. The molecule has 140 valence electrons. The third-order valence-corrected chi connectivity index (χ3v) is 6.10. The summed E-state index contributed by atoms with van der Waals surface area (Å²) in [7, 11) is 0. The molecule has 3 rings (SSSR count). The number of rotatable bonds is 4. The summed E-state index contributed by atoms with van der Waals surface area (Å²) >= 11 is 0. The molecule has 2 aliphatic heterocycles. The monoisotopic (exact) mass is 360 g/mol. The molecule has 6 heteroatoms. The zero-order valence-corrected chi connectivity index (χ0v) is 15.3. The molecule has 7 unspecified atom stereocenters. The van der Waals surface area contributed by atoms with Gasteiger partial charge < -0.3 is 14.2 Å². The highest BCUT2D eigenvalue weighted by Crippen LogP contribution is 2.57. The smallest absolute Gasteiger partial charge is 0.334 e. The maximum absolute atomic E-state index is 12.5. The van der Waals surface area contributed by atoms with Crippen molar-refractivity contribution in [3.8, 4) is 0 Å². The van der Waals surface area contributed by atoms with Crippen LogP contribution in [-0.4, -0.2) is 36.2 Å². The molecular formula is C20H24O6. The molecule has 6 nitrogen and oxygen atoms in total. The first-order chi connectivity index (χ1) is 12.2. The first-order valence-electron chi connectivity index (χ1n) is 8.81. The summed E-state index contributed by atoms with van der Waals surface area (Å²) in [4.78, 5) is 36.8. The number of carbonyl (C=O) groups excluding carboxylic acids is 3. The van der Waals surface area contributed by atoms with Gasteiger partial charge in [-0.2, -0.15) is 0 Å². The predicted octanol–water partition coefficient (Wildman–Crippen LogP) is 2.35. The standard InChI is InChI=1S/C20H24O6/c1-7-9(3)17(21)26-16-15-12(10(4)18(22)25-15)14-13(20(16,6)8-2)11(5)19(23)24-14/h8-9,12-16H,2,4-5,7H2,1,3,6H3. The Bertz CT molecular complexity index is 722. The van der Waals surface area contributed by atoms with E-state index in [1.165, 1.54) is 0 Å². The Hall–Kier alpha value is -2.37. The van der Waals surface area contributed by atoms with Crippen molar-refractivity contribution in [1.29, 1.82) is 0 Å². The molecule has 0 bridgehead atoms. The topological polar surface area (TPSA) is 78.9 Å². The summed E-state index contributed by atoms with van der Waals surface area (Å²) in [5.74, 6) is -2.82. The van der Waals surface area contributed by atoms with Crippen molar-refractivity contribution in [3.63, 3.8) is 0 Å². The summed E-state index contributed by atoms with van der Waals surface area (Å²) in [5.41, 5.74) is -0.362. The summed E-state index contributed by atoms with van der Waals surface area (Å²) in [6.07, 6.45) is 0.0445. The Morgan fingerprint density at radius 2 is 1.81 bits per heavy atom. The number of carbonyl (C=O) groups is 3. The van der Waals surface area contributed by atoms with Crippen molar-refractivity contribution >= 4 is 17.9 Å². The van der Waals surface area contributed by atoms with Gasteiger partial charge in [-0.1, -0.05) is 40.0 Å². The fourth-order valence-electron chi connectivity index (χ4n) is 4.22. The highest BCUT2D eigenvalue weighted by molar-refractivity contribution is 5.94. The van der Waals surface area contributed by atoms with Gasteiger partial charge in [-0.05, 0) is 6.42 Å². The second-order valence-corrected chi connectivity index (χ2v) is 7.53. The second-order valence-electron chi connectivity index (χ2n) is 7.53. The van der Waals surface area contributed by atoms with Crippen LogP contribution in [0.5, 0.6) is 0 Å². The lowest BCUT2D eigenvalue weighted by atomic mass is 9.58. The molecule has 0 aromatic rings. The van der Waals surface area contributed by atoms with Crippen LogP contribution >= 0.6 is 0 Å². The first-order valence-corrected chi connectivity index (χ1v) is 8.81. The molecule has 2 saturated heterocycles. The van der Waals surface area contributed by atoms with Gasteiger partial charge in [0.25, 0.3) is 0 Å².